The van der Waals surface area contributed by atoms with E-state index in [4.69, 9.17) is 4.74 Å². The molecule has 7 heteroatoms. The summed E-state index contributed by atoms with van der Waals surface area (Å²) in [5.74, 6) is 0.519. The van der Waals surface area contributed by atoms with E-state index in [2.05, 4.69) is 20.7 Å². The monoisotopic (exact) mass is 478 g/mol. The highest BCUT2D eigenvalue weighted by atomic mass is 79.9. The molecule has 4 rings (SSSR count). The van der Waals surface area contributed by atoms with Crippen molar-refractivity contribution in [3.63, 3.8) is 0 Å². The van der Waals surface area contributed by atoms with Crippen molar-refractivity contribution in [3.05, 3.63) is 82.8 Å². The second-order valence-electron chi connectivity index (χ2n) is 6.25. The van der Waals surface area contributed by atoms with Gasteiger partial charge in [0.25, 0.3) is 0 Å². The van der Waals surface area contributed by atoms with Crippen LogP contribution in [0, 0.1) is 0 Å². The van der Waals surface area contributed by atoms with Gasteiger partial charge in [-0.15, -0.1) is 24.5 Å². The molecule has 0 spiro atoms. The molecule has 0 amide bonds. The fourth-order valence-corrected chi connectivity index (χ4v) is 4.95. The van der Waals surface area contributed by atoms with Crippen molar-refractivity contribution in [1.29, 1.82) is 0 Å². The highest BCUT2D eigenvalue weighted by Gasteiger charge is 2.31. The lowest BCUT2D eigenvalue weighted by Crippen LogP contribution is -2.16. The van der Waals surface area contributed by atoms with Crippen molar-refractivity contribution >= 4 is 37.4 Å². The topological polar surface area (TPSA) is 18.5 Å². The van der Waals surface area contributed by atoms with Gasteiger partial charge in [0.05, 0.1) is 0 Å². The molecule has 0 radical (unpaired) electrons. The third kappa shape index (κ3) is 4.74. The van der Waals surface area contributed by atoms with Crippen LogP contribution in [-0.2, 0) is 6.61 Å². The third-order valence-electron chi connectivity index (χ3n) is 4.20. The van der Waals surface area contributed by atoms with Crippen molar-refractivity contribution in [2.45, 2.75) is 13.0 Å². The zero-order chi connectivity index (χ0) is 20.4. The first-order valence-electron chi connectivity index (χ1n) is 8.64. The Kier molecular flexibility index (Phi) is 5.52. The molecule has 0 atom stereocenters. The summed E-state index contributed by atoms with van der Waals surface area (Å²) in [5.41, 5.74) is 1.89. The molecule has 1 aromatic heterocycles. The molecule has 0 fully saturated rings. The normalized spacial score (nSPS) is 11.6. The molecule has 1 heterocycles. The van der Waals surface area contributed by atoms with E-state index in [1.807, 2.05) is 48.5 Å². The van der Waals surface area contributed by atoms with E-state index in [0.717, 1.165) is 36.3 Å². The summed E-state index contributed by atoms with van der Waals surface area (Å²) in [4.78, 5) is 0.929. The number of fused-ring (bicyclic) bond motifs is 1. The number of hydrogen-bond donors (Lipinski definition) is 0. The summed E-state index contributed by atoms with van der Waals surface area (Å²) in [6.45, 7) is 0.479. The van der Waals surface area contributed by atoms with Crippen LogP contribution < -0.4 is 9.47 Å². The Bertz CT molecular complexity index is 1120. The summed E-state index contributed by atoms with van der Waals surface area (Å²) in [6.07, 6.45) is -4.70. The molecular formula is C22H14BrF3O2S. The lowest BCUT2D eigenvalue weighted by Gasteiger charge is -2.09. The zero-order valence-electron chi connectivity index (χ0n) is 14.9. The standard InChI is InChI=1S/C22H14BrF3O2S/c23-20-18-11-10-17(27-13-14-4-2-1-3-5-14)12-19(18)29-21(20)15-6-8-16(9-7-15)28-22(24,25)26/h1-12H,13H2. The number of ether oxygens (including phenoxy) is 2. The van der Waals surface area contributed by atoms with Gasteiger partial charge in [0.2, 0.25) is 0 Å². The second-order valence-corrected chi connectivity index (χ2v) is 8.09. The second kappa shape index (κ2) is 8.08. The molecule has 0 bridgehead atoms. The van der Waals surface area contributed by atoms with E-state index in [1.54, 1.807) is 23.5 Å². The van der Waals surface area contributed by atoms with Crippen LogP contribution in [0.1, 0.15) is 5.56 Å². The summed E-state index contributed by atoms with van der Waals surface area (Å²) >= 11 is 5.16. The van der Waals surface area contributed by atoms with Crippen molar-refractivity contribution in [2.75, 3.05) is 0 Å². The Morgan fingerprint density at radius 2 is 1.55 bits per heavy atom. The Hall–Kier alpha value is -2.51. The van der Waals surface area contributed by atoms with Crippen LogP contribution in [0.15, 0.2) is 77.3 Å². The van der Waals surface area contributed by atoms with E-state index in [-0.39, 0.29) is 5.75 Å². The van der Waals surface area contributed by atoms with E-state index in [0.29, 0.717) is 6.61 Å². The van der Waals surface area contributed by atoms with Crippen LogP contribution in [0.3, 0.4) is 0 Å². The summed E-state index contributed by atoms with van der Waals surface area (Å²) in [7, 11) is 0. The SMILES string of the molecule is FC(F)(F)Oc1ccc(-c2sc3cc(OCc4ccccc4)ccc3c2Br)cc1. The van der Waals surface area contributed by atoms with Crippen LogP contribution in [0.5, 0.6) is 11.5 Å². The molecule has 0 unspecified atom stereocenters. The molecule has 0 saturated heterocycles. The maximum absolute atomic E-state index is 12.3. The first-order valence-corrected chi connectivity index (χ1v) is 10.2. The fraction of sp³-hybridized carbons (Fsp3) is 0.0909. The van der Waals surface area contributed by atoms with Gasteiger partial charge in [-0.3, -0.25) is 0 Å². The van der Waals surface area contributed by atoms with Crippen LogP contribution in [0.25, 0.3) is 20.5 Å². The largest absolute Gasteiger partial charge is 0.573 e. The molecule has 0 N–H and O–H groups in total. The van der Waals surface area contributed by atoms with Gasteiger partial charge in [-0.2, -0.15) is 0 Å². The number of thiophene rings is 1. The van der Waals surface area contributed by atoms with Gasteiger partial charge in [-0.25, -0.2) is 0 Å². The van der Waals surface area contributed by atoms with Gasteiger partial charge in [0.15, 0.2) is 0 Å². The summed E-state index contributed by atoms with van der Waals surface area (Å²) in [6, 6.07) is 21.6. The van der Waals surface area contributed by atoms with Gasteiger partial charge < -0.3 is 9.47 Å². The molecule has 0 aliphatic rings. The first-order chi connectivity index (χ1) is 13.9. The highest BCUT2D eigenvalue weighted by Crippen LogP contribution is 2.43. The number of hydrogen-bond acceptors (Lipinski definition) is 3. The lowest BCUT2D eigenvalue weighted by molar-refractivity contribution is -0.274. The van der Waals surface area contributed by atoms with Gasteiger partial charge in [-0.1, -0.05) is 30.3 Å². The van der Waals surface area contributed by atoms with Gasteiger partial charge in [0, 0.05) is 19.4 Å². The molecule has 0 aliphatic carbocycles. The minimum Gasteiger partial charge on any atom is -0.489 e. The smallest absolute Gasteiger partial charge is 0.489 e. The van der Waals surface area contributed by atoms with Gasteiger partial charge in [-0.05, 0) is 69.5 Å². The van der Waals surface area contributed by atoms with E-state index in [9.17, 15) is 13.2 Å². The average Bonchev–Trinajstić information content (AvgIpc) is 3.03. The Balaban J connectivity index is 1.57. The van der Waals surface area contributed by atoms with Crippen LogP contribution in [-0.4, -0.2) is 6.36 Å². The van der Waals surface area contributed by atoms with Crippen LogP contribution in [0.2, 0.25) is 0 Å². The molecule has 0 saturated carbocycles. The number of alkyl halides is 3. The lowest BCUT2D eigenvalue weighted by atomic mass is 10.1. The third-order valence-corrected chi connectivity index (χ3v) is 6.49. The molecule has 29 heavy (non-hydrogen) atoms. The van der Waals surface area contributed by atoms with Crippen molar-refractivity contribution in [1.82, 2.24) is 0 Å². The van der Waals surface area contributed by atoms with E-state index >= 15 is 0 Å². The summed E-state index contributed by atoms with van der Waals surface area (Å²) in [5, 5.41) is 1.02. The quantitative estimate of drug-likeness (QED) is 0.291. The van der Waals surface area contributed by atoms with Gasteiger partial charge in [0.1, 0.15) is 18.1 Å². The molecule has 0 aliphatic heterocycles. The molecule has 148 valence electrons. The van der Waals surface area contributed by atoms with Gasteiger partial charge >= 0.3 is 6.36 Å². The predicted octanol–water partition coefficient (Wildman–Crippen LogP) is 7.81. The molecule has 4 aromatic rings. The number of benzene rings is 3. The average molecular weight is 479 g/mol. The maximum atomic E-state index is 12.3. The van der Waals surface area contributed by atoms with E-state index in [1.165, 1.54) is 12.1 Å². The minimum absolute atomic E-state index is 0.241. The number of rotatable bonds is 5. The number of halogens is 4. The maximum Gasteiger partial charge on any atom is 0.573 e. The molecule has 3 aromatic carbocycles. The zero-order valence-corrected chi connectivity index (χ0v) is 17.3. The van der Waals surface area contributed by atoms with Crippen molar-refractivity contribution in [3.8, 4) is 21.9 Å². The Morgan fingerprint density at radius 1 is 0.862 bits per heavy atom. The molecule has 2 nitrogen and oxygen atoms in total. The minimum atomic E-state index is -4.70. The Morgan fingerprint density at radius 3 is 2.24 bits per heavy atom. The van der Waals surface area contributed by atoms with Crippen LogP contribution in [0.4, 0.5) is 13.2 Å². The predicted molar refractivity (Wildman–Crippen MR) is 112 cm³/mol. The van der Waals surface area contributed by atoms with E-state index < -0.39 is 6.36 Å². The van der Waals surface area contributed by atoms with Crippen molar-refractivity contribution < 1.29 is 22.6 Å². The fourth-order valence-electron chi connectivity index (χ4n) is 2.87. The first kappa shape index (κ1) is 19.8. The molecular weight excluding hydrogens is 465 g/mol. The van der Waals surface area contributed by atoms with Crippen molar-refractivity contribution in [2.24, 2.45) is 0 Å². The summed E-state index contributed by atoms with van der Waals surface area (Å²) < 4.78 is 48.8. The Labute approximate surface area is 177 Å². The highest BCUT2D eigenvalue weighted by molar-refractivity contribution is 9.10. The van der Waals surface area contributed by atoms with Crippen LogP contribution >= 0.6 is 27.3 Å².